The second kappa shape index (κ2) is 5.15. The minimum absolute atomic E-state index is 0.0174. The number of anilines is 1. The number of rotatable bonds is 4. The van der Waals surface area contributed by atoms with E-state index in [2.05, 4.69) is 4.74 Å². The highest BCUT2D eigenvalue weighted by Crippen LogP contribution is 2.22. The first-order valence-electron chi connectivity index (χ1n) is 4.85. The summed E-state index contributed by atoms with van der Waals surface area (Å²) in [5.41, 5.74) is 6.10. The molecule has 0 spiro atoms. The number of sulfone groups is 1. The van der Waals surface area contributed by atoms with Gasteiger partial charge in [0.1, 0.15) is 6.61 Å². The molecular weight excluding hydrogens is 271 g/mol. The summed E-state index contributed by atoms with van der Waals surface area (Å²) >= 11 is 0. The van der Waals surface area contributed by atoms with Gasteiger partial charge >= 0.3 is 6.18 Å². The van der Waals surface area contributed by atoms with Gasteiger partial charge in [-0.1, -0.05) is 6.07 Å². The molecule has 0 heterocycles. The highest BCUT2D eigenvalue weighted by Gasteiger charge is 2.29. The molecule has 1 aromatic rings. The Morgan fingerprint density at radius 1 is 1.33 bits per heavy atom. The number of ether oxygens (including phenoxy) is 1. The third-order valence-electron chi connectivity index (χ3n) is 2.01. The Morgan fingerprint density at radius 3 is 2.50 bits per heavy atom. The minimum atomic E-state index is -4.56. The first-order valence-corrected chi connectivity index (χ1v) is 6.50. The highest BCUT2D eigenvalue weighted by molar-refractivity contribution is 7.91. The Labute approximate surface area is 102 Å². The fourth-order valence-corrected chi connectivity index (χ4v) is 2.46. The molecule has 0 unspecified atom stereocenters. The van der Waals surface area contributed by atoms with Gasteiger partial charge in [0.2, 0.25) is 9.84 Å². The number of halogens is 3. The van der Waals surface area contributed by atoms with E-state index in [1.807, 2.05) is 0 Å². The van der Waals surface area contributed by atoms with Crippen molar-refractivity contribution in [2.75, 3.05) is 18.3 Å². The van der Waals surface area contributed by atoms with Crippen LogP contribution in [0.25, 0.3) is 0 Å². The van der Waals surface area contributed by atoms with Gasteiger partial charge < -0.3 is 10.5 Å². The molecular formula is C10H12F3NO3S. The zero-order valence-electron chi connectivity index (χ0n) is 9.49. The monoisotopic (exact) mass is 283 g/mol. The summed E-state index contributed by atoms with van der Waals surface area (Å²) in [4.78, 5) is -0.218. The van der Waals surface area contributed by atoms with E-state index in [4.69, 9.17) is 5.73 Å². The van der Waals surface area contributed by atoms with E-state index >= 15 is 0 Å². The van der Waals surface area contributed by atoms with Gasteiger partial charge in [0.25, 0.3) is 0 Å². The largest absolute Gasteiger partial charge is 0.411 e. The predicted molar refractivity (Wildman–Crippen MR) is 59.7 cm³/mol. The molecule has 18 heavy (non-hydrogen) atoms. The topological polar surface area (TPSA) is 69.4 Å². The fourth-order valence-electron chi connectivity index (χ4n) is 1.24. The Bertz CT molecular complexity index is 526. The maximum Gasteiger partial charge on any atom is 0.411 e. The van der Waals surface area contributed by atoms with E-state index in [1.54, 1.807) is 13.0 Å². The molecule has 0 saturated carbocycles. The molecule has 0 saturated heterocycles. The summed E-state index contributed by atoms with van der Waals surface area (Å²) in [6.07, 6.45) is -4.56. The molecule has 1 rings (SSSR count). The molecule has 1 aromatic carbocycles. The van der Waals surface area contributed by atoms with Crippen molar-refractivity contribution in [3.05, 3.63) is 23.8 Å². The van der Waals surface area contributed by atoms with Crippen molar-refractivity contribution in [1.82, 2.24) is 0 Å². The van der Waals surface area contributed by atoms with Crippen molar-refractivity contribution >= 4 is 15.5 Å². The third kappa shape index (κ3) is 4.19. The number of alkyl halides is 3. The van der Waals surface area contributed by atoms with Crippen molar-refractivity contribution in [3.8, 4) is 0 Å². The van der Waals surface area contributed by atoms with E-state index < -0.39 is 28.6 Å². The first-order chi connectivity index (χ1) is 8.12. The van der Waals surface area contributed by atoms with Gasteiger partial charge in [0, 0.05) is 0 Å². The fraction of sp³-hybridized carbons (Fsp3) is 0.400. The molecule has 2 N–H and O–H groups in total. The summed E-state index contributed by atoms with van der Waals surface area (Å²) in [6.45, 7) is 0.0347. The quantitative estimate of drug-likeness (QED) is 0.857. The van der Waals surface area contributed by atoms with Gasteiger partial charge in [-0.2, -0.15) is 13.2 Å². The van der Waals surface area contributed by atoms with Gasteiger partial charge in [-0.15, -0.1) is 0 Å². The van der Waals surface area contributed by atoms with Crippen LogP contribution in [0, 0.1) is 6.92 Å². The maximum absolute atomic E-state index is 11.8. The lowest BCUT2D eigenvalue weighted by molar-refractivity contribution is -0.169. The van der Waals surface area contributed by atoms with Crippen LogP contribution in [0.2, 0.25) is 0 Å². The molecule has 0 radical (unpaired) electrons. The van der Waals surface area contributed by atoms with Crippen LogP contribution in [-0.2, 0) is 14.6 Å². The van der Waals surface area contributed by atoms with Crippen molar-refractivity contribution in [3.63, 3.8) is 0 Å². The number of nitrogen functional groups attached to an aromatic ring is 1. The van der Waals surface area contributed by atoms with Crippen LogP contribution < -0.4 is 5.73 Å². The molecule has 0 atom stereocenters. The molecule has 0 aromatic heterocycles. The molecule has 8 heteroatoms. The number of hydrogen-bond donors (Lipinski definition) is 1. The second-order valence-electron chi connectivity index (χ2n) is 3.74. The average Bonchev–Trinajstić information content (AvgIpc) is 2.19. The molecule has 4 nitrogen and oxygen atoms in total. The van der Waals surface area contributed by atoms with Gasteiger partial charge in [-0.3, -0.25) is 0 Å². The van der Waals surface area contributed by atoms with Crippen molar-refractivity contribution in [2.24, 2.45) is 0 Å². The molecule has 0 aliphatic carbocycles. The van der Waals surface area contributed by atoms with Crippen LogP contribution in [0.5, 0.6) is 0 Å². The van der Waals surface area contributed by atoms with Crippen molar-refractivity contribution in [1.29, 1.82) is 0 Å². The molecule has 0 aliphatic heterocycles. The standard InChI is InChI=1S/C10H12F3NO3S/c1-7-2-3-8(14)9(4-7)18(15,16)6-17-5-10(11,12)13/h2-4H,5-6,14H2,1H3. The molecule has 0 amide bonds. The summed E-state index contributed by atoms with van der Waals surface area (Å²) in [7, 11) is -3.98. The number of aryl methyl sites for hydroxylation is 1. The van der Waals surface area contributed by atoms with Crippen LogP contribution in [-0.4, -0.2) is 27.1 Å². The Hall–Kier alpha value is -1.28. The van der Waals surface area contributed by atoms with Crippen LogP contribution in [0.4, 0.5) is 18.9 Å². The van der Waals surface area contributed by atoms with Gasteiger partial charge in [-0.25, -0.2) is 8.42 Å². The summed E-state index contributed by atoms with van der Waals surface area (Å²) < 4.78 is 63.1. The molecule has 0 bridgehead atoms. The third-order valence-corrected chi connectivity index (χ3v) is 3.51. The smallest absolute Gasteiger partial charge is 0.398 e. The minimum Gasteiger partial charge on any atom is -0.398 e. The first kappa shape index (κ1) is 14.8. The summed E-state index contributed by atoms with van der Waals surface area (Å²) in [5.74, 6) is -1.06. The van der Waals surface area contributed by atoms with Gasteiger partial charge in [-0.05, 0) is 24.6 Å². The van der Waals surface area contributed by atoms with Crippen LogP contribution in [0.1, 0.15) is 5.56 Å². The zero-order valence-corrected chi connectivity index (χ0v) is 10.3. The zero-order chi connectivity index (χ0) is 14.0. The Morgan fingerprint density at radius 2 is 1.94 bits per heavy atom. The van der Waals surface area contributed by atoms with Crippen molar-refractivity contribution in [2.45, 2.75) is 18.0 Å². The van der Waals surface area contributed by atoms with Gasteiger partial charge in [0.05, 0.1) is 10.6 Å². The normalized spacial score (nSPS) is 12.7. The molecule has 102 valence electrons. The van der Waals surface area contributed by atoms with E-state index in [9.17, 15) is 21.6 Å². The summed E-state index contributed by atoms with van der Waals surface area (Å²) in [5, 5.41) is 0. The lowest BCUT2D eigenvalue weighted by Crippen LogP contribution is -2.21. The van der Waals surface area contributed by atoms with Gasteiger partial charge in [0.15, 0.2) is 5.94 Å². The average molecular weight is 283 g/mol. The van der Waals surface area contributed by atoms with Crippen LogP contribution in [0.15, 0.2) is 23.1 Å². The number of nitrogens with two attached hydrogens (primary N) is 1. The number of benzene rings is 1. The number of hydrogen-bond acceptors (Lipinski definition) is 4. The highest BCUT2D eigenvalue weighted by atomic mass is 32.2. The lowest BCUT2D eigenvalue weighted by atomic mass is 10.2. The van der Waals surface area contributed by atoms with Crippen LogP contribution >= 0.6 is 0 Å². The van der Waals surface area contributed by atoms with E-state index in [0.717, 1.165) is 0 Å². The van der Waals surface area contributed by atoms with Crippen LogP contribution in [0.3, 0.4) is 0 Å². The Balaban J connectivity index is 2.84. The van der Waals surface area contributed by atoms with E-state index in [0.29, 0.717) is 5.56 Å². The van der Waals surface area contributed by atoms with E-state index in [1.165, 1.54) is 12.1 Å². The lowest BCUT2D eigenvalue weighted by Gasteiger charge is -2.10. The SMILES string of the molecule is Cc1ccc(N)c(S(=O)(=O)COCC(F)(F)F)c1. The maximum atomic E-state index is 11.8. The predicted octanol–water partition coefficient (Wildman–Crippen LogP) is 1.89. The Kier molecular flexibility index (Phi) is 4.23. The second-order valence-corrected chi connectivity index (χ2v) is 5.64. The molecule has 0 aliphatic rings. The summed E-state index contributed by atoms with van der Waals surface area (Å²) in [6, 6.07) is 4.28. The van der Waals surface area contributed by atoms with E-state index in [-0.39, 0.29) is 10.6 Å². The van der Waals surface area contributed by atoms with Crippen molar-refractivity contribution < 1.29 is 26.3 Å². The molecule has 0 fully saturated rings.